The van der Waals surface area contributed by atoms with Gasteiger partial charge in [0, 0.05) is 12.2 Å². The van der Waals surface area contributed by atoms with Crippen molar-refractivity contribution in [2.24, 2.45) is 0 Å². The molecule has 0 fully saturated rings. The van der Waals surface area contributed by atoms with Crippen molar-refractivity contribution in [3.63, 3.8) is 0 Å². The number of hydrogen-bond donors (Lipinski definition) is 0. The molecule has 0 atom stereocenters. The minimum Gasteiger partial charge on any atom is -0.398 e. The van der Waals surface area contributed by atoms with Crippen LogP contribution in [0.25, 0.3) is 0 Å². The van der Waals surface area contributed by atoms with E-state index >= 15 is 0 Å². The maximum Gasteiger partial charge on any atom is 0.550 e. The van der Waals surface area contributed by atoms with Gasteiger partial charge in [-0.1, -0.05) is 5.82 Å². The molecule has 0 N–H and O–H groups in total. The van der Waals surface area contributed by atoms with E-state index in [1.807, 2.05) is 27.7 Å². The highest BCUT2D eigenvalue weighted by Crippen LogP contribution is 1.98. The molecule has 0 aliphatic heterocycles. The first-order valence-electron chi connectivity index (χ1n) is 3.83. The first-order valence-corrected chi connectivity index (χ1v) is 3.83. The monoisotopic (exact) mass is 154 g/mol. The summed E-state index contributed by atoms with van der Waals surface area (Å²) < 4.78 is 10.5. The fourth-order valence-electron chi connectivity index (χ4n) is 0.605. The maximum absolute atomic E-state index is 5.25. The second-order valence-corrected chi connectivity index (χ2v) is 2.87. The second kappa shape index (κ2) is 5.23. The molecule has 0 amide bonds. The summed E-state index contributed by atoms with van der Waals surface area (Å²) in [6.07, 6.45) is 5.38. The van der Waals surface area contributed by atoms with E-state index in [0.29, 0.717) is 0 Å². The third kappa shape index (κ3) is 5.96. The smallest absolute Gasteiger partial charge is 0.398 e. The Morgan fingerprint density at radius 2 is 1.45 bits per heavy atom. The molecule has 0 aliphatic carbocycles. The van der Waals surface area contributed by atoms with Crippen LogP contribution in [0.15, 0.2) is 0 Å². The van der Waals surface area contributed by atoms with Crippen LogP contribution in [0.5, 0.6) is 0 Å². The lowest BCUT2D eigenvalue weighted by Crippen LogP contribution is -2.27. The first kappa shape index (κ1) is 10.5. The molecule has 0 aromatic heterocycles. The fraction of sp³-hybridized carbons (Fsp3) is 0.750. The van der Waals surface area contributed by atoms with Crippen LogP contribution in [0.4, 0.5) is 0 Å². The summed E-state index contributed by atoms with van der Waals surface area (Å²) in [7, 11) is -0.505. The van der Waals surface area contributed by atoms with Crippen molar-refractivity contribution < 1.29 is 9.31 Å². The van der Waals surface area contributed by atoms with Crippen LogP contribution in [-0.4, -0.2) is 19.3 Å². The molecule has 0 rings (SSSR count). The Balaban J connectivity index is 3.70. The Kier molecular flexibility index (Phi) is 5.01. The molecule has 0 radical (unpaired) electrons. The molecule has 0 heterocycles. The highest BCUT2D eigenvalue weighted by Gasteiger charge is 2.17. The molecule has 0 aromatic carbocycles. The summed E-state index contributed by atoms with van der Waals surface area (Å²) in [5, 5.41) is 0. The topological polar surface area (TPSA) is 18.5 Å². The van der Waals surface area contributed by atoms with Crippen molar-refractivity contribution in [3.05, 3.63) is 0 Å². The largest absolute Gasteiger partial charge is 0.550 e. The average molecular weight is 154 g/mol. The van der Waals surface area contributed by atoms with Gasteiger partial charge in [0.25, 0.3) is 0 Å². The SMILES string of the molecule is C#CB(OC(C)C)OC(C)C. The van der Waals surface area contributed by atoms with Crippen molar-refractivity contribution in [2.45, 2.75) is 39.9 Å². The van der Waals surface area contributed by atoms with Crippen LogP contribution in [0.1, 0.15) is 27.7 Å². The van der Waals surface area contributed by atoms with Gasteiger partial charge in [-0.3, -0.25) is 0 Å². The van der Waals surface area contributed by atoms with Gasteiger partial charge < -0.3 is 9.31 Å². The summed E-state index contributed by atoms with van der Waals surface area (Å²) in [5.41, 5.74) is 0. The zero-order valence-electron chi connectivity index (χ0n) is 7.63. The van der Waals surface area contributed by atoms with Crippen molar-refractivity contribution in [1.82, 2.24) is 0 Å². The van der Waals surface area contributed by atoms with E-state index in [9.17, 15) is 0 Å². The van der Waals surface area contributed by atoms with Gasteiger partial charge in [-0.2, -0.15) is 0 Å². The molecule has 3 heteroatoms. The van der Waals surface area contributed by atoms with Gasteiger partial charge in [0.2, 0.25) is 0 Å². The molecular formula is C8H15BO2. The van der Waals surface area contributed by atoms with E-state index in [1.165, 1.54) is 0 Å². The summed E-state index contributed by atoms with van der Waals surface area (Å²) >= 11 is 0. The van der Waals surface area contributed by atoms with Crippen LogP contribution >= 0.6 is 0 Å². The normalized spacial score (nSPS) is 10.3. The summed E-state index contributed by atoms with van der Waals surface area (Å²) in [6, 6.07) is 0. The average Bonchev–Trinajstić information content (AvgIpc) is 1.84. The molecule has 0 unspecified atom stereocenters. The summed E-state index contributed by atoms with van der Waals surface area (Å²) in [4.78, 5) is 0. The molecule has 0 bridgehead atoms. The molecule has 0 aromatic rings. The van der Waals surface area contributed by atoms with E-state index in [0.717, 1.165) is 0 Å². The van der Waals surface area contributed by atoms with Crippen LogP contribution in [0, 0.1) is 12.2 Å². The Morgan fingerprint density at radius 3 is 1.64 bits per heavy atom. The lowest BCUT2D eigenvalue weighted by molar-refractivity contribution is 0.140. The van der Waals surface area contributed by atoms with Gasteiger partial charge in [-0.15, -0.1) is 6.42 Å². The van der Waals surface area contributed by atoms with Gasteiger partial charge >= 0.3 is 7.12 Å². The van der Waals surface area contributed by atoms with E-state index < -0.39 is 7.12 Å². The molecule has 0 saturated carbocycles. The van der Waals surface area contributed by atoms with Crippen molar-refractivity contribution in [2.75, 3.05) is 0 Å². The second-order valence-electron chi connectivity index (χ2n) is 2.87. The Morgan fingerprint density at radius 1 is 1.09 bits per heavy atom. The molecular weight excluding hydrogens is 139 g/mol. The standard InChI is InChI=1S/C8H15BO2/c1-6-9(10-7(2)3)11-8(4)5/h1,7-8H,2-5H3. The van der Waals surface area contributed by atoms with Crippen molar-refractivity contribution in [1.29, 1.82) is 0 Å². The van der Waals surface area contributed by atoms with Crippen molar-refractivity contribution in [3.8, 4) is 12.2 Å². The Hall–Kier alpha value is -0.455. The van der Waals surface area contributed by atoms with E-state index in [2.05, 4.69) is 5.82 Å². The van der Waals surface area contributed by atoms with Gasteiger partial charge in [-0.25, -0.2) is 0 Å². The minimum absolute atomic E-state index is 0.106. The minimum atomic E-state index is -0.505. The summed E-state index contributed by atoms with van der Waals surface area (Å²) in [5.74, 6) is 2.42. The highest BCUT2D eigenvalue weighted by atomic mass is 16.6. The number of hydrogen-bond acceptors (Lipinski definition) is 2. The highest BCUT2D eigenvalue weighted by molar-refractivity contribution is 6.54. The lowest BCUT2D eigenvalue weighted by atomic mass is 9.91. The maximum atomic E-state index is 5.25. The summed E-state index contributed by atoms with van der Waals surface area (Å²) in [6.45, 7) is 7.70. The van der Waals surface area contributed by atoms with Crippen LogP contribution in [0.2, 0.25) is 0 Å². The predicted molar refractivity (Wildman–Crippen MR) is 47.0 cm³/mol. The fourth-order valence-corrected chi connectivity index (χ4v) is 0.605. The van der Waals surface area contributed by atoms with Crippen LogP contribution in [-0.2, 0) is 9.31 Å². The molecule has 0 spiro atoms. The van der Waals surface area contributed by atoms with Gasteiger partial charge in [0.15, 0.2) is 0 Å². The molecule has 0 saturated heterocycles. The van der Waals surface area contributed by atoms with E-state index in [-0.39, 0.29) is 12.2 Å². The van der Waals surface area contributed by atoms with Crippen LogP contribution < -0.4 is 0 Å². The Labute approximate surface area is 69.4 Å². The molecule has 2 nitrogen and oxygen atoms in total. The Bertz CT molecular complexity index is 128. The third-order valence-corrected chi connectivity index (χ3v) is 0.928. The van der Waals surface area contributed by atoms with E-state index in [4.69, 9.17) is 15.7 Å². The van der Waals surface area contributed by atoms with Gasteiger partial charge in [-0.05, 0) is 27.7 Å². The van der Waals surface area contributed by atoms with Crippen LogP contribution in [0.3, 0.4) is 0 Å². The molecule has 11 heavy (non-hydrogen) atoms. The molecule has 62 valence electrons. The first-order chi connectivity index (χ1) is 5.06. The number of rotatable bonds is 4. The van der Waals surface area contributed by atoms with E-state index in [1.54, 1.807) is 0 Å². The molecule has 0 aliphatic rings. The van der Waals surface area contributed by atoms with Gasteiger partial charge in [0.05, 0.1) is 0 Å². The lowest BCUT2D eigenvalue weighted by Gasteiger charge is -2.14. The quantitative estimate of drug-likeness (QED) is 0.451. The van der Waals surface area contributed by atoms with Gasteiger partial charge in [0.1, 0.15) is 0 Å². The third-order valence-electron chi connectivity index (χ3n) is 0.928. The zero-order valence-corrected chi connectivity index (χ0v) is 7.63. The van der Waals surface area contributed by atoms with Crippen molar-refractivity contribution >= 4 is 7.12 Å². The zero-order chi connectivity index (χ0) is 8.85. The predicted octanol–water partition coefficient (Wildman–Crippen LogP) is 1.50. The number of terminal acetylenes is 1.